The molecule has 0 radical (unpaired) electrons. The molecule has 0 unspecified atom stereocenters. The van der Waals surface area contributed by atoms with Gasteiger partial charge in [0.25, 0.3) is 0 Å². The standard InChI is InChI=1S/C8H15NO2S/c1-2-7(9-12-10)8-5-3-4-6-11-8/h4,6-8,12H,2-3,5H2,1H3,(H,9,10)/t7-,8-/m0/s1. The number of ether oxygens (including phenoxy) is 1. The minimum Gasteiger partial charge on any atom is -0.497 e. The molecule has 4 heteroatoms. The summed E-state index contributed by atoms with van der Waals surface area (Å²) in [5.41, 5.74) is 0. The Kier molecular flexibility index (Phi) is 4.32. The SMILES string of the molecule is CC[C@H](N[SH]=O)[C@@H]1CCC=CO1. The molecule has 1 aliphatic heterocycles. The van der Waals surface area contributed by atoms with E-state index in [9.17, 15) is 4.21 Å². The second-order valence-electron chi connectivity index (χ2n) is 2.86. The van der Waals surface area contributed by atoms with Gasteiger partial charge in [-0.3, -0.25) is 0 Å². The Labute approximate surface area is 76.8 Å². The van der Waals surface area contributed by atoms with Crippen LogP contribution in [-0.4, -0.2) is 16.4 Å². The quantitative estimate of drug-likeness (QED) is 0.645. The average Bonchev–Trinajstić information content (AvgIpc) is 2.15. The Hall–Kier alpha value is -0.350. The number of hydrogen-bond acceptors (Lipinski definition) is 2. The lowest BCUT2D eigenvalue weighted by Gasteiger charge is -2.26. The predicted molar refractivity (Wildman–Crippen MR) is 50.0 cm³/mol. The molecule has 0 spiro atoms. The lowest BCUT2D eigenvalue weighted by molar-refractivity contribution is 0.0930. The fraction of sp³-hybridized carbons (Fsp3) is 0.750. The largest absolute Gasteiger partial charge is 0.497 e. The van der Waals surface area contributed by atoms with Gasteiger partial charge < -0.3 is 4.74 Å². The van der Waals surface area contributed by atoms with E-state index in [1.54, 1.807) is 6.26 Å². The third-order valence-corrected chi connectivity index (χ3v) is 2.51. The summed E-state index contributed by atoms with van der Waals surface area (Å²) in [5.74, 6) is 0. The second kappa shape index (κ2) is 5.32. The van der Waals surface area contributed by atoms with Crippen molar-refractivity contribution in [3.05, 3.63) is 12.3 Å². The summed E-state index contributed by atoms with van der Waals surface area (Å²) >= 11 is -0.00548. The van der Waals surface area contributed by atoms with Crippen LogP contribution in [0.5, 0.6) is 0 Å². The molecule has 1 aliphatic rings. The Morgan fingerprint density at radius 3 is 3.17 bits per heavy atom. The fourth-order valence-electron chi connectivity index (χ4n) is 1.35. The molecule has 0 aromatic heterocycles. The molecule has 0 fully saturated rings. The highest BCUT2D eigenvalue weighted by Gasteiger charge is 2.20. The van der Waals surface area contributed by atoms with E-state index in [2.05, 4.69) is 11.6 Å². The van der Waals surface area contributed by atoms with Crippen LogP contribution in [0.2, 0.25) is 0 Å². The van der Waals surface area contributed by atoms with Crippen molar-refractivity contribution in [3.8, 4) is 0 Å². The molecule has 0 aliphatic carbocycles. The van der Waals surface area contributed by atoms with Crippen LogP contribution >= 0.6 is 0 Å². The monoisotopic (exact) mass is 189 g/mol. The first-order valence-corrected chi connectivity index (χ1v) is 5.08. The van der Waals surface area contributed by atoms with Gasteiger partial charge in [-0.1, -0.05) is 6.92 Å². The molecule has 0 amide bonds. The van der Waals surface area contributed by atoms with Crippen molar-refractivity contribution >= 4 is 11.9 Å². The van der Waals surface area contributed by atoms with Crippen molar-refractivity contribution in [1.29, 1.82) is 0 Å². The second-order valence-corrected chi connectivity index (χ2v) is 3.30. The van der Waals surface area contributed by atoms with Gasteiger partial charge in [0.15, 0.2) is 0 Å². The van der Waals surface area contributed by atoms with Gasteiger partial charge in [0.1, 0.15) is 6.10 Å². The maximum Gasteiger partial charge on any atom is 0.114 e. The minimum atomic E-state index is -0.00548. The highest BCUT2D eigenvalue weighted by molar-refractivity contribution is 7.63. The first-order chi connectivity index (χ1) is 5.88. The Balaban J connectivity index is 2.41. The van der Waals surface area contributed by atoms with Gasteiger partial charge in [-0.05, 0) is 25.3 Å². The van der Waals surface area contributed by atoms with Crippen LogP contribution in [0.1, 0.15) is 26.2 Å². The van der Waals surface area contributed by atoms with Gasteiger partial charge in [-0.15, -0.1) is 0 Å². The van der Waals surface area contributed by atoms with Crippen LogP contribution < -0.4 is 4.72 Å². The molecule has 1 rings (SSSR count). The zero-order chi connectivity index (χ0) is 8.81. The molecule has 0 aromatic carbocycles. The van der Waals surface area contributed by atoms with E-state index in [1.807, 2.05) is 6.08 Å². The number of allylic oxidation sites excluding steroid dienone is 1. The van der Waals surface area contributed by atoms with E-state index in [1.165, 1.54) is 0 Å². The maximum atomic E-state index is 10.3. The van der Waals surface area contributed by atoms with Crippen molar-refractivity contribution in [1.82, 2.24) is 4.72 Å². The van der Waals surface area contributed by atoms with Crippen LogP contribution in [-0.2, 0) is 16.6 Å². The van der Waals surface area contributed by atoms with Crippen LogP contribution in [0.3, 0.4) is 0 Å². The number of thiol groups is 1. The number of hydrogen-bond donors (Lipinski definition) is 2. The van der Waals surface area contributed by atoms with Crippen LogP contribution in [0.15, 0.2) is 12.3 Å². The number of nitrogens with one attached hydrogen (secondary N) is 1. The molecule has 0 bridgehead atoms. The summed E-state index contributed by atoms with van der Waals surface area (Å²) in [4.78, 5) is 0. The summed E-state index contributed by atoms with van der Waals surface area (Å²) in [6, 6.07) is 0.203. The smallest absolute Gasteiger partial charge is 0.114 e. The highest BCUT2D eigenvalue weighted by Crippen LogP contribution is 2.15. The van der Waals surface area contributed by atoms with E-state index in [4.69, 9.17) is 4.74 Å². The summed E-state index contributed by atoms with van der Waals surface area (Å²) < 4.78 is 18.6. The molecular weight excluding hydrogens is 174 g/mol. The highest BCUT2D eigenvalue weighted by atomic mass is 32.2. The Bertz CT molecular complexity index is 172. The summed E-state index contributed by atoms with van der Waals surface area (Å²) in [6.45, 7) is 2.06. The van der Waals surface area contributed by atoms with Gasteiger partial charge in [-0.2, -0.15) is 0 Å². The lowest BCUT2D eigenvalue weighted by Crippen LogP contribution is -2.38. The molecule has 12 heavy (non-hydrogen) atoms. The van der Waals surface area contributed by atoms with Crippen molar-refractivity contribution in [2.75, 3.05) is 0 Å². The van der Waals surface area contributed by atoms with Gasteiger partial charge >= 0.3 is 0 Å². The van der Waals surface area contributed by atoms with E-state index in [0.717, 1.165) is 19.3 Å². The normalized spacial score (nSPS) is 24.9. The van der Waals surface area contributed by atoms with Crippen LogP contribution in [0.4, 0.5) is 0 Å². The zero-order valence-corrected chi connectivity index (χ0v) is 8.09. The Morgan fingerprint density at radius 2 is 2.67 bits per heavy atom. The van der Waals surface area contributed by atoms with Crippen molar-refractivity contribution in [2.45, 2.75) is 38.3 Å². The maximum absolute atomic E-state index is 10.3. The molecule has 0 saturated heterocycles. The van der Waals surface area contributed by atoms with E-state index >= 15 is 0 Å². The summed E-state index contributed by atoms with van der Waals surface area (Å²) in [6.07, 6.45) is 6.93. The van der Waals surface area contributed by atoms with E-state index < -0.39 is 0 Å². The molecule has 2 atom stereocenters. The van der Waals surface area contributed by atoms with Crippen molar-refractivity contribution in [3.63, 3.8) is 0 Å². The van der Waals surface area contributed by atoms with Crippen molar-refractivity contribution < 1.29 is 8.95 Å². The van der Waals surface area contributed by atoms with Crippen LogP contribution in [0.25, 0.3) is 0 Å². The average molecular weight is 189 g/mol. The lowest BCUT2D eigenvalue weighted by atomic mass is 10.0. The van der Waals surface area contributed by atoms with E-state index in [0.29, 0.717) is 0 Å². The molecule has 1 N–H and O–H groups in total. The van der Waals surface area contributed by atoms with Gasteiger partial charge in [-0.25, -0.2) is 8.93 Å². The first kappa shape index (κ1) is 9.74. The molecule has 0 saturated carbocycles. The summed E-state index contributed by atoms with van der Waals surface area (Å²) in [5, 5.41) is 0. The zero-order valence-electron chi connectivity index (χ0n) is 7.19. The van der Waals surface area contributed by atoms with Crippen molar-refractivity contribution in [2.24, 2.45) is 0 Å². The third-order valence-electron chi connectivity index (χ3n) is 2.07. The van der Waals surface area contributed by atoms with Gasteiger partial charge in [0.05, 0.1) is 24.2 Å². The molecule has 0 aromatic rings. The molecule has 70 valence electrons. The fourth-order valence-corrected chi connectivity index (χ4v) is 1.84. The minimum absolute atomic E-state index is 0.00548. The summed E-state index contributed by atoms with van der Waals surface area (Å²) in [7, 11) is 0. The topological polar surface area (TPSA) is 38.3 Å². The Morgan fingerprint density at radius 1 is 1.83 bits per heavy atom. The molecular formula is C8H15NO2S. The predicted octanol–water partition coefficient (Wildman–Crippen LogP) is 0.908. The van der Waals surface area contributed by atoms with Gasteiger partial charge in [0, 0.05) is 0 Å². The first-order valence-electron chi connectivity index (χ1n) is 4.26. The van der Waals surface area contributed by atoms with Gasteiger partial charge in [0.2, 0.25) is 0 Å². The number of rotatable bonds is 4. The molecule has 3 nitrogen and oxygen atoms in total. The molecule has 1 heterocycles. The van der Waals surface area contributed by atoms with Crippen LogP contribution in [0, 0.1) is 0 Å². The van der Waals surface area contributed by atoms with E-state index in [-0.39, 0.29) is 24.0 Å². The third kappa shape index (κ3) is 2.60.